The van der Waals surface area contributed by atoms with E-state index < -0.39 is 0 Å². The minimum absolute atomic E-state index is 0.662. The number of fused-ring (bicyclic) bond motifs is 2. The van der Waals surface area contributed by atoms with E-state index in [4.69, 9.17) is 0 Å². The number of carbonyl (C=O) groups is 2. The highest BCUT2D eigenvalue weighted by molar-refractivity contribution is 7.99. The lowest BCUT2D eigenvalue weighted by molar-refractivity contribution is 0.111. The number of aldehydes is 2. The third kappa shape index (κ3) is 1.94. The van der Waals surface area contributed by atoms with E-state index in [1.165, 1.54) is 0 Å². The van der Waals surface area contributed by atoms with Crippen LogP contribution in [-0.2, 0) is 0 Å². The molecule has 0 aliphatic carbocycles. The zero-order valence-corrected chi connectivity index (χ0v) is 11.1. The van der Waals surface area contributed by atoms with Crippen LogP contribution in [0.25, 0.3) is 0 Å². The first-order valence-electron chi connectivity index (χ1n) is 5.83. The van der Waals surface area contributed by atoms with E-state index in [2.05, 4.69) is 4.90 Å². The average molecular weight is 269 g/mol. The molecule has 1 heterocycles. The van der Waals surface area contributed by atoms with E-state index in [9.17, 15) is 9.59 Å². The molecule has 2 aromatic carbocycles. The molecular weight excluding hydrogens is 258 g/mol. The highest BCUT2D eigenvalue weighted by Crippen LogP contribution is 2.47. The Labute approximate surface area is 115 Å². The summed E-state index contributed by atoms with van der Waals surface area (Å²) in [6.45, 7) is 0. The van der Waals surface area contributed by atoms with Gasteiger partial charge in [-0.25, -0.2) is 0 Å². The molecule has 19 heavy (non-hydrogen) atoms. The van der Waals surface area contributed by atoms with Crippen molar-refractivity contribution in [1.29, 1.82) is 0 Å². The normalized spacial score (nSPS) is 12.6. The Morgan fingerprint density at radius 3 is 1.79 bits per heavy atom. The number of rotatable bonds is 2. The summed E-state index contributed by atoms with van der Waals surface area (Å²) in [7, 11) is 1.98. The third-order valence-corrected chi connectivity index (χ3v) is 4.28. The molecule has 0 saturated carbocycles. The first-order chi connectivity index (χ1) is 9.22. The van der Waals surface area contributed by atoms with Crippen molar-refractivity contribution in [2.24, 2.45) is 0 Å². The number of nitrogens with zero attached hydrogens (tertiary/aromatic N) is 1. The molecule has 0 radical (unpaired) electrons. The summed E-state index contributed by atoms with van der Waals surface area (Å²) in [5.41, 5.74) is 3.47. The highest BCUT2D eigenvalue weighted by atomic mass is 32.2. The standard InChI is InChI=1S/C15H11NO2S/c1-16-12-4-2-10(8-17)6-14(12)19-15-7-11(9-18)3-5-13(15)16/h2-9H,1H3. The molecule has 1 aliphatic heterocycles. The van der Waals surface area contributed by atoms with E-state index in [1.54, 1.807) is 11.8 Å². The Bertz CT molecular complexity index is 624. The number of benzene rings is 2. The second-order valence-corrected chi connectivity index (χ2v) is 5.43. The molecule has 3 nitrogen and oxygen atoms in total. The number of carbonyl (C=O) groups excluding carboxylic acids is 2. The molecule has 0 atom stereocenters. The zero-order valence-electron chi connectivity index (χ0n) is 10.3. The lowest BCUT2D eigenvalue weighted by Gasteiger charge is -2.29. The summed E-state index contributed by atoms with van der Waals surface area (Å²) in [6, 6.07) is 11.3. The van der Waals surface area contributed by atoms with Gasteiger partial charge >= 0.3 is 0 Å². The van der Waals surface area contributed by atoms with Gasteiger partial charge in [0.05, 0.1) is 11.4 Å². The molecular formula is C15H11NO2S. The fourth-order valence-electron chi connectivity index (χ4n) is 2.17. The van der Waals surface area contributed by atoms with Crippen molar-refractivity contribution in [2.45, 2.75) is 9.79 Å². The van der Waals surface area contributed by atoms with Gasteiger partial charge in [-0.05, 0) is 36.4 Å². The maximum absolute atomic E-state index is 10.9. The van der Waals surface area contributed by atoms with Crippen LogP contribution in [0.2, 0.25) is 0 Å². The number of hydrogen-bond acceptors (Lipinski definition) is 4. The Hall–Kier alpha value is -2.07. The van der Waals surface area contributed by atoms with Crippen LogP contribution in [0.5, 0.6) is 0 Å². The second kappa shape index (κ2) is 4.55. The third-order valence-electron chi connectivity index (χ3n) is 3.18. The van der Waals surface area contributed by atoms with Crippen LogP contribution in [0, 0.1) is 0 Å². The Morgan fingerprint density at radius 1 is 0.895 bits per heavy atom. The molecule has 0 aromatic heterocycles. The maximum Gasteiger partial charge on any atom is 0.150 e. The lowest BCUT2D eigenvalue weighted by atomic mass is 10.1. The Balaban J connectivity index is 2.13. The topological polar surface area (TPSA) is 37.4 Å². The first kappa shape index (κ1) is 12.0. The molecule has 1 aliphatic rings. The summed E-state index contributed by atoms with van der Waals surface area (Å²) < 4.78 is 0. The molecule has 2 aromatic rings. The predicted molar refractivity (Wildman–Crippen MR) is 75.8 cm³/mol. The van der Waals surface area contributed by atoms with Crippen LogP contribution in [0.3, 0.4) is 0 Å². The molecule has 0 bridgehead atoms. The molecule has 0 fully saturated rings. The van der Waals surface area contributed by atoms with Crippen molar-refractivity contribution in [2.75, 3.05) is 11.9 Å². The van der Waals surface area contributed by atoms with E-state index in [1.807, 2.05) is 43.4 Å². The van der Waals surface area contributed by atoms with Crippen molar-refractivity contribution >= 4 is 35.7 Å². The van der Waals surface area contributed by atoms with Crippen molar-refractivity contribution in [3.63, 3.8) is 0 Å². The smallest absolute Gasteiger partial charge is 0.150 e. The predicted octanol–water partition coefficient (Wildman–Crippen LogP) is 3.54. The van der Waals surface area contributed by atoms with Gasteiger partial charge in [-0.2, -0.15) is 0 Å². The van der Waals surface area contributed by atoms with Gasteiger partial charge in [-0.1, -0.05) is 11.8 Å². The minimum atomic E-state index is 0.662. The minimum Gasteiger partial charge on any atom is -0.343 e. The van der Waals surface area contributed by atoms with Gasteiger partial charge in [0.1, 0.15) is 12.6 Å². The van der Waals surface area contributed by atoms with Crippen molar-refractivity contribution in [1.82, 2.24) is 0 Å². The molecule has 0 N–H and O–H groups in total. The van der Waals surface area contributed by atoms with Gasteiger partial charge in [0, 0.05) is 28.0 Å². The van der Waals surface area contributed by atoms with Crippen molar-refractivity contribution in [3.8, 4) is 0 Å². The molecule has 0 saturated heterocycles. The lowest BCUT2D eigenvalue weighted by Crippen LogP contribution is -2.14. The maximum atomic E-state index is 10.9. The van der Waals surface area contributed by atoms with Crippen molar-refractivity contribution < 1.29 is 9.59 Å². The second-order valence-electron chi connectivity index (χ2n) is 4.35. The van der Waals surface area contributed by atoms with Gasteiger partial charge in [0.2, 0.25) is 0 Å². The van der Waals surface area contributed by atoms with Gasteiger partial charge in [-0.3, -0.25) is 9.59 Å². The Kier molecular flexibility index (Phi) is 2.87. The summed E-state index contributed by atoms with van der Waals surface area (Å²) >= 11 is 1.59. The first-order valence-corrected chi connectivity index (χ1v) is 6.64. The monoisotopic (exact) mass is 269 g/mol. The highest BCUT2D eigenvalue weighted by Gasteiger charge is 2.21. The number of anilines is 2. The fraction of sp³-hybridized carbons (Fsp3) is 0.0667. The van der Waals surface area contributed by atoms with Crippen LogP contribution in [-0.4, -0.2) is 19.6 Å². The average Bonchev–Trinajstić information content (AvgIpc) is 2.46. The van der Waals surface area contributed by atoms with E-state index >= 15 is 0 Å². The largest absolute Gasteiger partial charge is 0.343 e. The molecule has 94 valence electrons. The molecule has 3 rings (SSSR count). The quantitative estimate of drug-likeness (QED) is 0.781. The fourth-order valence-corrected chi connectivity index (χ4v) is 3.42. The summed E-state index contributed by atoms with van der Waals surface area (Å²) in [6.07, 6.45) is 1.69. The summed E-state index contributed by atoms with van der Waals surface area (Å²) in [5.74, 6) is 0. The Morgan fingerprint density at radius 2 is 1.37 bits per heavy atom. The van der Waals surface area contributed by atoms with E-state index in [-0.39, 0.29) is 0 Å². The van der Waals surface area contributed by atoms with Crippen molar-refractivity contribution in [3.05, 3.63) is 47.5 Å². The SMILES string of the molecule is CN1c2ccc(C=O)cc2Sc2cc(C=O)ccc21. The van der Waals surface area contributed by atoms with Crippen LogP contribution >= 0.6 is 11.8 Å². The molecule has 0 amide bonds. The van der Waals surface area contributed by atoms with Gasteiger partial charge in [0.25, 0.3) is 0 Å². The molecule has 0 unspecified atom stereocenters. The zero-order chi connectivity index (χ0) is 13.4. The molecule has 0 spiro atoms. The van der Waals surface area contributed by atoms with Crippen LogP contribution in [0.15, 0.2) is 46.2 Å². The van der Waals surface area contributed by atoms with Crippen LogP contribution in [0.4, 0.5) is 11.4 Å². The number of hydrogen-bond donors (Lipinski definition) is 0. The summed E-state index contributed by atoms with van der Waals surface area (Å²) in [4.78, 5) is 25.8. The van der Waals surface area contributed by atoms with Gasteiger partial charge < -0.3 is 4.90 Å². The van der Waals surface area contributed by atoms with Gasteiger partial charge in [-0.15, -0.1) is 0 Å². The van der Waals surface area contributed by atoms with E-state index in [0.717, 1.165) is 33.7 Å². The van der Waals surface area contributed by atoms with Gasteiger partial charge in [0.15, 0.2) is 0 Å². The summed E-state index contributed by atoms with van der Waals surface area (Å²) in [5, 5.41) is 0. The molecule has 4 heteroatoms. The van der Waals surface area contributed by atoms with E-state index in [0.29, 0.717) is 11.1 Å². The van der Waals surface area contributed by atoms with Crippen LogP contribution in [0.1, 0.15) is 20.7 Å². The van der Waals surface area contributed by atoms with Crippen LogP contribution < -0.4 is 4.90 Å².